The van der Waals surface area contributed by atoms with Gasteiger partial charge in [-0.3, -0.25) is 0 Å². The maximum absolute atomic E-state index is 11.9. The van der Waals surface area contributed by atoms with Gasteiger partial charge in [-0.25, -0.2) is 8.42 Å². The Balaban J connectivity index is 1.96. The van der Waals surface area contributed by atoms with Crippen molar-refractivity contribution < 1.29 is 12.9 Å². The van der Waals surface area contributed by atoms with Crippen LogP contribution in [-0.4, -0.2) is 24.3 Å². The van der Waals surface area contributed by atoms with E-state index in [-0.39, 0.29) is 17.3 Å². The molecule has 0 saturated heterocycles. The van der Waals surface area contributed by atoms with Crippen LogP contribution in [0.15, 0.2) is 40.9 Å². The summed E-state index contributed by atoms with van der Waals surface area (Å²) in [5.41, 5.74) is 0.968. The lowest BCUT2D eigenvalue weighted by Crippen LogP contribution is -2.08. The molecule has 2 aromatic rings. The molecule has 0 amide bonds. The molecule has 0 fully saturated rings. The van der Waals surface area contributed by atoms with Gasteiger partial charge in [0.15, 0.2) is 15.7 Å². The second kappa shape index (κ2) is 6.47. The number of hydrogen-bond donors (Lipinski definition) is 0. The predicted octanol–water partition coefficient (Wildman–Crippen LogP) is 2.26. The third-order valence-electron chi connectivity index (χ3n) is 2.62. The summed E-state index contributed by atoms with van der Waals surface area (Å²) < 4.78 is 28.7. The molecule has 6 heteroatoms. The van der Waals surface area contributed by atoms with Crippen molar-refractivity contribution in [1.82, 2.24) is 10.1 Å². The summed E-state index contributed by atoms with van der Waals surface area (Å²) in [5.74, 6) is 0.429. The van der Waals surface area contributed by atoms with Gasteiger partial charge in [-0.2, -0.15) is 4.98 Å². The Morgan fingerprint density at radius 3 is 2.65 bits per heavy atom. The van der Waals surface area contributed by atoms with Gasteiger partial charge in [-0.1, -0.05) is 54.6 Å². The molecular weight excluding hydrogens is 276 g/mol. The lowest BCUT2D eigenvalue weighted by atomic mass is 10.2. The second-order valence-electron chi connectivity index (χ2n) is 4.33. The van der Waals surface area contributed by atoms with Crippen LogP contribution in [0.2, 0.25) is 0 Å². The number of aryl methyl sites for hydroxylation is 1. The van der Waals surface area contributed by atoms with Gasteiger partial charge >= 0.3 is 0 Å². The van der Waals surface area contributed by atoms with Gasteiger partial charge in [0.2, 0.25) is 5.89 Å². The predicted molar refractivity (Wildman–Crippen MR) is 76.6 cm³/mol. The maximum Gasteiger partial charge on any atom is 0.226 e. The first kappa shape index (κ1) is 14.5. The molecule has 0 saturated carbocycles. The van der Waals surface area contributed by atoms with Crippen molar-refractivity contribution in [2.45, 2.75) is 19.1 Å². The van der Waals surface area contributed by atoms with E-state index < -0.39 is 9.84 Å². The number of rotatable bonds is 6. The number of benzene rings is 1. The number of sulfone groups is 1. The van der Waals surface area contributed by atoms with Gasteiger partial charge < -0.3 is 4.52 Å². The smallest absolute Gasteiger partial charge is 0.226 e. The van der Waals surface area contributed by atoms with Crippen LogP contribution < -0.4 is 0 Å². The average molecular weight is 292 g/mol. The molecule has 20 heavy (non-hydrogen) atoms. The fourth-order valence-electron chi connectivity index (χ4n) is 1.64. The molecule has 0 aliphatic carbocycles. The van der Waals surface area contributed by atoms with Crippen LogP contribution >= 0.6 is 0 Å². The van der Waals surface area contributed by atoms with Gasteiger partial charge in [0, 0.05) is 6.42 Å². The lowest BCUT2D eigenvalue weighted by Gasteiger charge is -1.96. The van der Waals surface area contributed by atoms with Crippen molar-refractivity contribution in [1.29, 1.82) is 0 Å². The molecule has 1 heterocycles. The van der Waals surface area contributed by atoms with Gasteiger partial charge in [0.25, 0.3) is 0 Å². The van der Waals surface area contributed by atoms with Crippen LogP contribution in [0.3, 0.4) is 0 Å². The van der Waals surface area contributed by atoms with E-state index in [1.54, 1.807) is 12.2 Å². The minimum Gasteiger partial charge on any atom is -0.339 e. The summed E-state index contributed by atoms with van der Waals surface area (Å²) in [6, 6.07) is 9.54. The Morgan fingerprint density at radius 2 is 2.00 bits per heavy atom. The summed E-state index contributed by atoms with van der Waals surface area (Å²) in [5, 5.41) is 3.65. The Labute approximate surface area is 118 Å². The Kier molecular flexibility index (Phi) is 4.68. The van der Waals surface area contributed by atoms with E-state index in [1.165, 1.54) is 0 Å². The molecule has 0 radical (unpaired) electrons. The maximum atomic E-state index is 11.9. The average Bonchev–Trinajstić information content (AvgIpc) is 2.86. The molecule has 106 valence electrons. The van der Waals surface area contributed by atoms with Crippen LogP contribution in [0, 0.1) is 0 Å². The van der Waals surface area contributed by atoms with Crippen molar-refractivity contribution in [2.75, 3.05) is 5.75 Å². The standard InChI is InChI=1S/C14H16N2O3S/c1-2-14-15-13(16-19-14)11-20(17,18)10-6-9-12-7-4-3-5-8-12/h3-9H,2,10-11H2,1H3/b9-6+. The largest absolute Gasteiger partial charge is 0.339 e. The molecule has 0 N–H and O–H groups in total. The SMILES string of the molecule is CCc1nc(CS(=O)(=O)C/C=C/c2ccccc2)no1. The van der Waals surface area contributed by atoms with Crippen LogP contribution in [0.4, 0.5) is 0 Å². The number of hydrogen-bond acceptors (Lipinski definition) is 5. The quantitative estimate of drug-likeness (QED) is 0.816. The minimum atomic E-state index is -3.27. The Morgan fingerprint density at radius 1 is 1.25 bits per heavy atom. The summed E-state index contributed by atoms with van der Waals surface area (Å²) in [7, 11) is -3.27. The van der Waals surface area contributed by atoms with E-state index in [9.17, 15) is 8.42 Å². The van der Waals surface area contributed by atoms with Crippen LogP contribution in [0.5, 0.6) is 0 Å². The van der Waals surface area contributed by atoms with Crippen LogP contribution in [0.25, 0.3) is 6.08 Å². The first-order valence-electron chi connectivity index (χ1n) is 6.32. The number of nitrogens with zero attached hydrogens (tertiary/aromatic N) is 2. The van der Waals surface area contributed by atoms with E-state index in [0.29, 0.717) is 12.3 Å². The highest BCUT2D eigenvalue weighted by molar-refractivity contribution is 7.90. The van der Waals surface area contributed by atoms with Crippen LogP contribution in [-0.2, 0) is 22.0 Å². The topological polar surface area (TPSA) is 73.1 Å². The van der Waals surface area contributed by atoms with Crippen molar-refractivity contribution >= 4 is 15.9 Å². The third-order valence-corrected chi connectivity index (χ3v) is 4.02. The first-order valence-corrected chi connectivity index (χ1v) is 8.14. The third kappa shape index (κ3) is 4.31. The fraction of sp³-hybridized carbons (Fsp3) is 0.286. The summed E-state index contributed by atoms with van der Waals surface area (Å²) in [6.07, 6.45) is 4.01. The minimum absolute atomic E-state index is 0.0438. The van der Waals surface area contributed by atoms with E-state index in [4.69, 9.17) is 4.52 Å². The molecule has 0 unspecified atom stereocenters. The normalized spacial score (nSPS) is 12.1. The summed E-state index contributed by atoms with van der Waals surface area (Å²) >= 11 is 0. The molecular formula is C14H16N2O3S. The van der Waals surface area contributed by atoms with E-state index in [1.807, 2.05) is 37.3 Å². The molecule has 0 bridgehead atoms. The van der Waals surface area contributed by atoms with Crippen molar-refractivity contribution in [3.8, 4) is 0 Å². The fourth-order valence-corrected chi connectivity index (χ4v) is 2.66. The Bertz CT molecular complexity index is 675. The molecule has 0 spiro atoms. The van der Waals surface area contributed by atoms with Gasteiger partial charge in [0.05, 0.1) is 5.75 Å². The van der Waals surface area contributed by atoms with Crippen molar-refractivity contribution in [2.24, 2.45) is 0 Å². The molecule has 0 aliphatic heterocycles. The number of aromatic nitrogens is 2. The monoisotopic (exact) mass is 292 g/mol. The van der Waals surface area contributed by atoms with E-state index >= 15 is 0 Å². The summed E-state index contributed by atoms with van der Waals surface area (Å²) in [4.78, 5) is 4.00. The van der Waals surface area contributed by atoms with E-state index in [2.05, 4.69) is 10.1 Å². The molecule has 2 rings (SSSR count). The van der Waals surface area contributed by atoms with Crippen molar-refractivity contribution in [3.05, 3.63) is 53.7 Å². The van der Waals surface area contributed by atoms with E-state index in [0.717, 1.165) is 5.56 Å². The highest BCUT2D eigenvalue weighted by Gasteiger charge is 2.15. The molecule has 1 aromatic carbocycles. The van der Waals surface area contributed by atoms with Crippen molar-refractivity contribution in [3.63, 3.8) is 0 Å². The first-order chi connectivity index (χ1) is 9.59. The lowest BCUT2D eigenvalue weighted by molar-refractivity contribution is 0.378. The van der Waals surface area contributed by atoms with Gasteiger partial charge in [-0.15, -0.1) is 0 Å². The zero-order valence-corrected chi connectivity index (χ0v) is 12.0. The second-order valence-corrected chi connectivity index (χ2v) is 6.43. The highest BCUT2D eigenvalue weighted by atomic mass is 32.2. The molecule has 5 nitrogen and oxygen atoms in total. The molecule has 0 aliphatic rings. The molecule has 0 atom stereocenters. The van der Waals surface area contributed by atoms with Gasteiger partial charge in [-0.05, 0) is 5.56 Å². The Hall–Kier alpha value is -1.95. The molecule has 1 aromatic heterocycles. The zero-order chi connectivity index (χ0) is 14.4. The zero-order valence-electron chi connectivity index (χ0n) is 11.2. The van der Waals surface area contributed by atoms with Crippen LogP contribution in [0.1, 0.15) is 24.2 Å². The highest BCUT2D eigenvalue weighted by Crippen LogP contribution is 2.06. The summed E-state index contributed by atoms with van der Waals surface area (Å²) in [6.45, 7) is 1.87. The van der Waals surface area contributed by atoms with Gasteiger partial charge in [0.1, 0.15) is 5.75 Å².